The molecule has 1 aromatic rings. The number of amides is 2. The lowest BCUT2D eigenvalue weighted by molar-refractivity contribution is 0.0481. The predicted octanol–water partition coefficient (Wildman–Crippen LogP) is 0.849. The Labute approximate surface area is 123 Å². The minimum atomic E-state index is -0.483. The molecule has 1 heterocycles. The number of hydrogen-bond donors (Lipinski definition) is 2. The second-order valence-electron chi connectivity index (χ2n) is 4.58. The summed E-state index contributed by atoms with van der Waals surface area (Å²) >= 11 is 0. The zero-order valence-corrected chi connectivity index (χ0v) is 11.9. The number of rotatable bonds is 6. The van der Waals surface area contributed by atoms with Crippen LogP contribution in [0.15, 0.2) is 18.2 Å². The van der Waals surface area contributed by atoms with Gasteiger partial charge in [-0.25, -0.2) is 9.59 Å². The van der Waals surface area contributed by atoms with Gasteiger partial charge >= 0.3 is 12.0 Å². The monoisotopic (exact) mass is 293 g/mol. The zero-order valence-electron chi connectivity index (χ0n) is 11.9. The van der Waals surface area contributed by atoms with E-state index in [2.05, 4.69) is 5.32 Å². The van der Waals surface area contributed by atoms with Crippen LogP contribution in [0.2, 0.25) is 0 Å². The molecule has 0 radical (unpaired) electrons. The molecule has 1 aromatic carbocycles. The number of nitrogens with two attached hydrogens (primary N) is 1. The number of carbonyl (C=O) groups excluding carboxylic acids is 2. The number of urea groups is 1. The topological polar surface area (TPSA) is 93.9 Å². The molecule has 1 fully saturated rings. The number of nitrogen functional groups attached to an aromatic ring is 1. The zero-order chi connectivity index (χ0) is 15.2. The van der Waals surface area contributed by atoms with Gasteiger partial charge in [0.05, 0.1) is 18.7 Å². The van der Waals surface area contributed by atoms with E-state index in [1.807, 2.05) is 6.92 Å². The van der Waals surface area contributed by atoms with Crippen LogP contribution in [0.4, 0.5) is 10.5 Å². The highest BCUT2D eigenvalue weighted by molar-refractivity contribution is 5.91. The summed E-state index contributed by atoms with van der Waals surface area (Å²) in [7, 11) is 0. The van der Waals surface area contributed by atoms with Crippen molar-refractivity contribution >= 4 is 17.7 Å². The molecule has 3 N–H and O–H groups in total. The van der Waals surface area contributed by atoms with Crippen LogP contribution in [0.1, 0.15) is 17.3 Å². The smallest absolute Gasteiger partial charge is 0.338 e. The molecule has 2 amide bonds. The Hall–Kier alpha value is -2.44. The van der Waals surface area contributed by atoms with E-state index >= 15 is 0 Å². The molecule has 2 rings (SSSR count). The van der Waals surface area contributed by atoms with Gasteiger partial charge in [0.1, 0.15) is 12.4 Å². The van der Waals surface area contributed by atoms with Gasteiger partial charge in [-0.05, 0) is 19.1 Å². The van der Waals surface area contributed by atoms with Crippen molar-refractivity contribution in [1.82, 2.24) is 10.2 Å². The third-order valence-electron chi connectivity index (χ3n) is 3.02. The van der Waals surface area contributed by atoms with E-state index in [1.54, 1.807) is 17.0 Å². The highest BCUT2D eigenvalue weighted by atomic mass is 16.5. The average Bonchev–Trinajstić information content (AvgIpc) is 2.84. The molecular weight excluding hydrogens is 274 g/mol. The Morgan fingerprint density at radius 3 is 2.90 bits per heavy atom. The van der Waals surface area contributed by atoms with Crippen LogP contribution in [0.5, 0.6) is 5.75 Å². The number of esters is 1. The molecule has 0 aliphatic carbocycles. The lowest BCUT2D eigenvalue weighted by atomic mass is 10.2. The normalized spacial score (nSPS) is 14.0. The van der Waals surface area contributed by atoms with Crippen molar-refractivity contribution in [1.29, 1.82) is 0 Å². The highest BCUT2D eigenvalue weighted by Crippen LogP contribution is 2.19. The van der Waals surface area contributed by atoms with E-state index in [-0.39, 0.29) is 12.6 Å². The van der Waals surface area contributed by atoms with Crippen LogP contribution in [0, 0.1) is 0 Å². The van der Waals surface area contributed by atoms with Crippen molar-refractivity contribution in [3.05, 3.63) is 23.8 Å². The maximum absolute atomic E-state index is 12.0. The molecule has 7 nitrogen and oxygen atoms in total. The Balaban J connectivity index is 1.89. The third kappa shape index (κ3) is 4.01. The largest absolute Gasteiger partial charge is 0.494 e. The minimum absolute atomic E-state index is 0.131. The molecule has 1 aliphatic rings. The van der Waals surface area contributed by atoms with Crippen molar-refractivity contribution in [3.8, 4) is 5.75 Å². The van der Waals surface area contributed by atoms with Crippen LogP contribution in [0.3, 0.4) is 0 Å². The number of ether oxygens (including phenoxy) is 2. The van der Waals surface area contributed by atoms with E-state index in [0.717, 1.165) is 0 Å². The van der Waals surface area contributed by atoms with Gasteiger partial charge in [0.25, 0.3) is 0 Å². The fourth-order valence-electron chi connectivity index (χ4n) is 2.05. The quantitative estimate of drug-likeness (QED) is 0.599. The van der Waals surface area contributed by atoms with E-state index in [1.165, 1.54) is 6.07 Å². The van der Waals surface area contributed by atoms with E-state index in [9.17, 15) is 9.59 Å². The standard InChI is InChI=1S/C14H19N3O4/c1-2-20-12-8-10(7-11(15)9-12)13(18)21-6-5-17-4-3-16-14(17)19/h7-9H,2-6,15H2,1H3,(H,16,19). The van der Waals surface area contributed by atoms with Crippen molar-refractivity contribution in [3.63, 3.8) is 0 Å². The molecule has 0 atom stereocenters. The molecule has 21 heavy (non-hydrogen) atoms. The van der Waals surface area contributed by atoms with Gasteiger partial charge in [-0.15, -0.1) is 0 Å². The second kappa shape index (κ2) is 6.83. The Bertz CT molecular complexity index is 533. The molecule has 0 saturated carbocycles. The van der Waals surface area contributed by atoms with Crippen molar-refractivity contribution in [2.75, 3.05) is 38.6 Å². The van der Waals surface area contributed by atoms with Gasteiger partial charge < -0.3 is 25.4 Å². The first kappa shape index (κ1) is 15.0. The minimum Gasteiger partial charge on any atom is -0.494 e. The molecule has 114 valence electrons. The van der Waals surface area contributed by atoms with E-state index in [4.69, 9.17) is 15.2 Å². The maximum Gasteiger partial charge on any atom is 0.338 e. The molecule has 0 aromatic heterocycles. The fourth-order valence-corrected chi connectivity index (χ4v) is 2.05. The van der Waals surface area contributed by atoms with Gasteiger partial charge in [-0.3, -0.25) is 0 Å². The van der Waals surface area contributed by atoms with E-state index < -0.39 is 5.97 Å². The van der Waals surface area contributed by atoms with Crippen LogP contribution >= 0.6 is 0 Å². The van der Waals surface area contributed by atoms with Crippen LogP contribution in [0.25, 0.3) is 0 Å². The fraction of sp³-hybridized carbons (Fsp3) is 0.429. The summed E-state index contributed by atoms with van der Waals surface area (Å²) < 4.78 is 10.5. The SMILES string of the molecule is CCOc1cc(N)cc(C(=O)OCCN2CCNC2=O)c1. The van der Waals surface area contributed by atoms with Gasteiger partial charge in [0.2, 0.25) is 0 Å². The van der Waals surface area contributed by atoms with Crippen LogP contribution < -0.4 is 15.8 Å². The summed E-state index contributed by atoms with van der Waals surface area (Å²) in [6, 6.07) is 4.64. The Morgan fingerprint density at radius 2 is 2.24 bits per heavy atom. The molecule has 7 heteroatoms. The number of nitrogens with one attached hydrogen (secondary N) is 1. The van der Waals surface area contributed by atoms with Crippen LogP contribution in [-0.2, 0) is 4.74 Å². The van der Waals surface area contributed by atoms with Crippen molar-refractivity contribution < 1.29 is 19.1 Å². The lowest BCUT2D eigenvalue weighted by Crippen LogP contribution is -2.31. The summed E-state index contributed by atoms with van der Waals surface area (Å²) in [4.78, 5) is 24.9. The third-order valence-corrected chi connectivity index (χ3v) is 3.02. The average molecular weight is 293 g/mol. The number of hydrogen-bond acceptors (Lipinski definition) is 5. The van der Waals surface area contributed by atoms with Crippen molar-refractivity contribution in [2.24, 2.45) is 0 Å². The molecule has 0 bridgehead atoms. The summed E-state index contributed by atoms with van der Waals surface area (Å²) in [5.74, 6) is 0.0474. The second-order valence-corrected chi connectivity index (χ2v) is 4.58. The first-order chi connectivity index (χ1) is 10.1. The molecule has 1 saturated heterocycles. The highest BCUT2D eigenvalue weighted by Gasteiger charge is 2.19. The van der Waals surface area contributed by atoms with Crippen molar-refractivity contribution in [2.45, 2.75) is 6.92 Å². The molecule has 0 spiro atoms. The number of anilines is 1. The Morgan fingerprint density at radius 1 is 1.43 bits per heavy atom. The Kier molecular flexibility index (Phi) is 4.86. The first-order valence-corrected chi connectivity index (χ1v) is 6.83. The maximum atomic E-state index is 12.0. The van der Waals surface area contributed by atoms with Gasteiger partial charge in [0.15, 0.2) is 0 Å². The van der Waals surface area contributed by atoms with Crippen LogP contribution in [-0.4, -0.2) is 49.7 Å². The molecule has 0 unspecified atom stereocenters. The van der Waals surface area contributed by atoms with Gasteiger partial charge in [-0.1, -0.05) is 0 Å². The molecule has 1 aliphatic heterocycles. The summed E-state index contributed by atoms with van der Waals surface area (Å²) in [6.45, 7) is 4.11. The number of benzene rings is 1. The lowest BCUT2D eigenvalue weighted by Gasteiger charge is -2.14. The van der Waals surface area contributed by atoms with E-state index in [0.29, 0.717) is 43.2 Å². The van der Waals surface area contributed by atoms with Gasteiger partial charge in [-0.2, -0.15) is 0 Å². The predicted molar refractivity (Wildman–Crippen MR) is 77.3 cm³/mol. The molecular formula is C14H19N3O4. The summed E-state index contributed by atoms with van der Waals surface area (Å²) in [5.41, 5.74) is 6.50. The van der Waals surface area contributed by atoms with Gasteiger partial charge in [0, 0.05) is 24.8 Å². The first-order valence-electron chi connectivity index (χ1n) is 6.83. The number of nitrogens with zero attached hydrogens (tertiary/aromatic N) is 1. The summed E-state index contributed by atoms with van der Waals surface area (Å²) in [6.07, 6.45) is 0. The summed E-state index contributed by atoms with van der Waals surface area (Å²) in [5, 5.41) is 2.68. The number of carbonyl (C=O) groups is 2.